The largest absolute Gasteiger partial charge is 0.328 e. The van der Waals surface area contributed by atoms with Gasteiger partial charge in [-0.3, -0.25) is 0 Å². The Morgan fingerprint density at radius 1 is 1.44 bits per heavy atom. The zero-order valence-corrected chi connectivity index (χ0v) is 11.4. The van der Waals surface area contributed by atoms with Crippen molar-refractivity contribution in [3.05, 3.63) is 16.7 Å². The summed E-state index contributed by atoms with van der Waals surface area (Å²) in [5.74, 6) is 1.17. The molecule has 2 rings (SSSR count). The topological polar surface area (TPSA) is 17.8 Å². The van der Waals surface area contributed by atoms with Gasteiger partial charge < -0.3 is 4.57 Å². The Balaban J connectivity index is 2.39. The molecular weight excluding hydrogens is 220 g/mol. The molecule has 2 nitrogen and oxygen atoms in total. The van der Waals surface area contributed by atoms with Crippen molar-refractivity contribution in [3.63, 3.8) is 0 Å². The molecule has 0 saturated carbocycles. The predicted molar refractivity (Wildman–Crippen MR) is 68.0 cm³/mol. The lowest BCUT2D eigenvalue weighted by Crippen LogP contribution is -2.20. The lowest BCUT2D eigenvalue weighted by molar-refractivity contribution is 0.362. The third kappa shape index (κ3) is 2.27. The third-order valence-electron chi connectivity index (χ3n) is 3.20. The molecule has 0 N–H and O–H groups in total. The minimum absolute atomic E-state index is 0.266. The van der Waals surface area contributed by atoms with E-state index in [9.17, 15) is 0 Å². The van der Waals surface area contributed by atoms with Gasteiger partial charge in [-0.25, -0.2) is 4.98 Å². The lowest BCUT2D eigenvalue weighted by atomic mass is 9.91. The van der Waals surface area contributed by atoms with Gasteiger partial charge in [0.15, 0.2) is 5.15 Å². The fourth-order valence-electron chi connectivity index (χ4n) is 2.52. The van der Waals surface area contributed by atoms with Gasteiger partial charge >= 0.3 is 0 Å². The van der Waals surface area contributed by atoms with E-state index in [0.717, 1.165) is 18.0 Å². The summed E-state index contributed by atoms with van der Waals surface area (Å²) in [6.45, 7) is 9.01. The molecule has 2 heterocycles. The standard InChI is InChI=1S/C13H21ClN2/c1-9-6-5-7-10-12(14)15-11(16(9)10)8-13(2,3)4/h9H,5-8H2,1-4H3. The number of nitrogens with zero attached hydrogens (tertiary/aromatic N) is 2. The summed E-state index contributed by atoms with van der Waals surface area (Å²) < 4.78 is 2.37. The summed E-state index contributed by atoms with van der Waals surface area (Å²) in [6, 6.07) is 0.557. The third-order valence-corrected chi connectivity index (χ3v) is 3.50. The molecule has 0 saturated heterocycles. The van der Waals surface area contributed by atoms with Crippen LogP contribution in [-0.4, -0.2) is 9.55 Å². The normalized spacial score (nSPS) is 20.9. The van der Waals surface area contributed by atoms with Gasteiger partial charge in [0, 0.05) is 12.5 Å². The summed E-state index contributed by atoms with van der Waals surface area (Å²) >= 11 is 6.23. The van der Waals surface area contributed by atoms with Crippen LogP contribution in [0, 0.1) is 5.41 Å². The van der Waals surface area contributed by atoms with Crippen LogP contribution < -0.4 is 0 Å². The molecule has 1 aliphatic heterocycles. The van der Waals surface area contributed by atoms with Crippen LogP contribution in [0.25, 0.3) is 0 Å². The van der Waals surface area contributed by atoms with Gasteiger partial charge in [-0.05, 0) is 31.6 Å². The maximum absolute atomic E-state index is 6.23. The summed E-state index contributed by atoms with van der Waals surface area (Å²) in [7, 11) is 0. The molecule has 16 heavy (non-hydrogen) atoms. The zero-order chi connectivity index (χ0) is 11.9. The van der Waals surface area contributed by atoms with Crippen LogP contribution in [0.15, 0.2) is 0 Å². The quantitative estimate of drug-likeness (QED) is 0.725. The van der Waals surface area contributed by atoms with Crippen LogP contribution in [0.4, 0.5) is 0 Å². The summed E-state index contributed by atoms with van der Waals surface area (Å²) in [4.78, 5) is 4.56. The van der Waals surface area contributed by atoms with Crippen LogP contribution in [0.2, 0.25) is 5.15 Å². The molecule has 90 valence electrons. The molecule has 1 aromatic heterocycles. The van der Waals surface area contributed by atoms with Crippen molar-refractivity contribution in [3.8, 4) is 0 Å². The van der Waals surface area contributed by atoms with E-state index in [0.29, 0.717) is 6.04 Å². The smallest absolute Gasteiger partial charge is 0.150 e. The van der Waals surface area contributed by atoms with Crippen LogP contribution >= 0.6 is 11.6 Å². The fraction of sp³-hybridized carbons (Fsp3) is 0.769. The number of fused-ring (bicyclic) bond motifs is 1. The molecule has 0 bridgehead atoms. The Morgan fingerprint density at radius 3 is 2.75 bits per heavy atom. The van der Waals surface area contributed by atoms with Crippen molar-refractivity contribution >= 4 is 11.6 Å². The molecule has 1 atom stereocenters. The van der Waals surface area contributed by atoms with E-state index < -0.39 is 0 Å². The van der Waals surface area contributed by atoms with Crippen molar-refractivity contribution in [2.75, 3.05) is 0 Å². The van der Waals surface area contributed by atoms with Crippen molar-refractivity contribution < 1.29 is 0 Å². The SMILES string of the molecule is CC1CCCc2c(Cl)nc(CC(C)(C)C)n21. The predicted octanol–water partition coefficient (Wildman–Crippen LogP) is 4.02. The second kappa shape index (κ2) is 4.06. The molecule has 0 radical (unpaired) electrons. The van der Waals surface area contributed by atoms with Crippen molar-refractivity contribution in [2.24, 2.45) is 5.41 Å². The minimum atomic E-state index is 0.266. The molecule has 0 spiro atoms. The maximum atomic E-state index is 6.23. The van der Waals surface area contributed by atoms with Crippen LogP contribution in [0.3, 0.4) is 0 Å². The Labute approximate surface area is 103 Å². The van der Waals surface area contributed by atoms with Gasteiger partial charge in [0.05, 0.1) is 5.69 Å². The first-order valence-corrected chi connectivity index (χ1v) is 6.52. The number of rotatable bonds is 1. The number of hydrogen-bond acceptors (Lipinski definition) is 1. The highest BCUT2D eigenvalue weighted by atomic mass is 35.5. The molecule has 0 amide bonds. The van der Waals surface area contributed by atoms with Gasteiger partial charge in [0.2, 0.25) is 0 Å². The first-order chi connectivity index (χ1) is 7.38. The van der Waals surface area contributed by atoms with E-state index >= 15 is 0 Å². The maximum Gasteiger partial charge on any atom is 0.150 e. The Bertz CT molecular complexity index is 387. The van der Waals surface area contributed by atoms with Gasteiger partial charge in [-0.1, -0.05) is 32.4 Å². The average molecular weight is 241 g/mol. The van der Waals surface area contributed by atoms with Gasteiger partial charge in [0.25, 0.3) is 0 Å². The monoisotopic (exact) mass is 240 g/mol. The highest BCUT2D eigenvalue weighted by Crippen LogP contribution is 2.33. The van der Waals surface area contributed by atoms with E-state index in [-0.39, 0.29) is 5.41 Å². The summed E-state index contributed by atoms with van der Waals surface area (Å²) in [5.41, 5.74) is 1.52. The highest BCUT2D eigenvalue weighted by molar-refractivity contribution is 6.30. The first kappa shape index (κ1) is 12.0. The Hall–Kier alpha value is -0.500. The molecular formula is C13H21ClN2. The Morgan fingerprint density at radius 2 is 2.12 bits per heavy atom. The number of hydrogen-bond donors (Lipinski definition) is 0. The number of halogens is 1. The number of aromatic nitrogens is 2. The van der Waals surface area contributed by atoms with Gasteiger partial charge in [0.1, 0.15) is 5.82 Å². The highest BCUT2D eigenvalue weighted by Gasteiger charge is 2.25. The van der Waals surface area contributed by atoms with E-state index in [1.807, 2.05) is 0 Å². The molecule has 1 aliphatic rings. The Kier molecular flexibility index (Phi) is 3.04. The van der Waals surface area contributed by atoms with Gasteiger partial charge in [-0.2, -0.15) is 0 Å². The molecule has 0 fully saturated rings. The fourth-order valence-corrected chi connectivity index (χ4v) is 2.81. The van der Waals surface area contributed by atoms with Crippen molar-refractivity contribution in [2.45, 2.75) is 59.4 Å². The van der Waals surface area contributed by atoms with E-state index in [4.69, 9.17) is 11.6 Å². The van der Waals surface area contributed by atoms with E-state index in [1.54, 1.807) is 0 Å². The summed E-state index contributed by atoms with van der Waals surface area (Å²) in [6.07, 6.45) is 4.57. The second-order valence-corrected chi connectivity index (χ2v) is 6.47. The average Bonchev–Trinajstić information content (AvgIpc) is 2.42. The minimum Gasteiger partial charge on any atom is -0.328 e. The molecule has 1 unspecified atom stereocenters. The molecule has 0 aromatic carbocycles. The zero-order valence-electron chi connectivity index (χ0n) is 10.7. The molecule has 0 aliphatic carbocycles. The summed E-state index contributed by atoms with van der Waals surface area (Å²) in [5, 5.41) is 0.728. The lowest BCUT2D eigenvalue weighted by Gasteiger charge is -2.26. The second-order valence-electron chi connectivity index (χ2n) is 6.11. The van der Waals surface area contributed by atoms with Crippen molar-refractivity contribution in [1.82, 2.24) is 9.55 Å². The van der Waals surface area contributed by atoms with E-state index in [1.165, 1.54) is 24.4 Å². The molecule has 1 aromatic rings. The van der Waals surface area contributed by atoms with Crippen LogP contribution in [0.5, 0.6) is 0 Å². The number of imidazole rings is 1. The van der Waals surface area contributed by atoms with Crippen LogP contribution in [-0.2, 0) is 12.8 Å². The van der Waals surface area contributed by atoms with Crippen molar-refractivity contribution in [1.29, 1.82) is 0 Å². The van der Waals surface area contributed by atoms with Gasteiger partial charge in [-0.15, -0.1) is 0 Å². The van der Waals surface area contributed by atoms with Crippen LogP contribution in [0.1, 0.15) is 58.1 Å². The first-order valence-electron chi connectivity index (χ1n) is 6.14. The van der Waals surface area contributed by atoms with E-state index in [2.05, 4.69) is 37.2 Å². The molecule has 3 heteroatoms.